The molecule has 2 aliphatic rings. The summed E-state index contributed by atoms with van der Waals surface area (Å²) in [6.07, 6.45) is 0. The van der Waals surface area contributed by atoms with Crippen LogP contribution in [-0.2, 0) is 9.53 Å². The van der Waals surface area contributed by atoms with Gasteiger partial charge >= 0.3 is 5.97 Å². The lowest BCUT2D eigenvalue weighted by Crippen LogP contribution is -2.13. The number of phenolic OH excluding ortho intramolecular Hbond substituents is 1. The lowest BCUT2D eigenvalue weighted by molar-refractivity contribution is -0.136. The Morgan fingerprint density at radius 3 is 2.07 bits per heavy atom. The highest BCUT2D eigenvalue weighted by molar-refractivity contribution is 5.94. The normalized spacial score (nSPS) is 15.8. The van der Waals surface area contributed by atoms with Gasteiger partial charge in [0.25, 0.3) is 0 Å². The number of carbonyl (C=O) groups is 1. The van der Waals surface area contributed by atoms with Crippen LogP contribution in [0.25, 0.3) is 0 Å². The van der Waals surface area contributed by atoms with E-state index in [9.17, 15) is 15.0 Å². The molecule has 0 spiro atoms. The second kappa shape index (κ2) is 7.58. The third-order valence-electron chi connectivity index (χ3n) is 5.01. The molecular weight excluding hydrogens is 396 g/mol. The molecule has 2 N–H and O–H groups in total. The second-order valence-corrected chi connectivity index (χ2v) is 6.59. The average Bonchev–Trinajstić information content (AvgIpc) is 3.33. The first kappa shape index (κ1) is 19.6. The van der Waals surface area contributed by atoms with Gasteiger partial charge in [-0.25, -0.2) is 4.79 Å². The zero-order valence-electron chi connectivity index (χ0n) is 16.6. The van der Waals surface area contributed by atoms with Crippen molar-refractivity contribution in [1.29, 1.82) is 0 Å². The van der Waals surface area contributed by atoms with Crippen molar-refractivity contribution in [2.75, 3.05) is 34.7 Å². The van der Waals surface area contributed by atoms with E-state index < -0.39 is 11.9 Å². The summed E-state index contributed by atoms with van der Waals surface area (Å²) >= 11 is 0. The van der Waals surface area contributed by atoms with E-state index in [4.69, 9.17) is 28.4 Å². The SMILES string of the molecule is COc1cc([C@H](C2=C(O)COC2=O)c2cc3c(cc2O)OCO3)cc(OC)c1OC. The average molecular weight is 416 g/mol. The van der Waals surface area contributed by atoms with Crippen molar-refractivity contribution in [3.63, 3.8) is 0 Å². The zero-order valence-corrected chi connectivity index (χ0v) is 16.6. The molecule has 2 aromatic rings. The number of aliphatic hydroxyl groups is 1. The monoisotopic (exact) mass is 416 g/mol. The van der Waals surface area contributed by atoms with Gasteiger partial charge in [-0.05, 0) is 23.8 Å². The topological polar surface area (TPSA) is 113 Å². The Bertz CT molecular complexity index is 1020. The third kappa shape index (κ3) is 3.08. The number of phenols is 1. The number of ether oxygens (including phenoxy) is 6. The molecule has 2 heterocycles. The fourth-order valence-corrected chi connectivity index (χ4v) is 3.64. The van der Waals surface area contributed by atoms with Crippen LogP contribution in [0, 0.1) is 0 Å². The molecule has 9 heteroatoms. The number of hydrogen-bond donors (Lipinski definition) is 2. The molecule has 2 aliphatic heterocycles. The minimum absolute atomic E-state index is 0.00145. The molecule has 9 nitrogen and oxygen atoms in total. The van der Waals surface area contributed by atoms with Crippen LogP contribution in [0.5, 0.6) is 34.5 Å². The van der Waals surface area contributed by atoms with E-state index in [2.05, 4.69) is 0 Å². The predicted molar refractivity (Wildman–Crippen MR) is 103 cm³/mol. The third-order valence-corrected chi connectivity index (χ3v) is 5.01. The summed E-state index contributed by atoms with van der Waals surface area (Å²) in [4.78, 5) is 12.5. The van der Waals surface area contributed by atoms with Gasteiger partial charge in [-0.1, -0.05) is 0 Å². The highest BCUT2D eigenvalue weighted by Crippen LogP contribution is 2.48. The van der Waals surface area contributed by atoms with Crippen molar-refractivity contribution in [2.24, 2.45) is 0 Å². The van der Waals surface area contributed by atoms with Gasteiger partial charge in [-0.2, -0.15) is 0 Å². The lowest BCUT2D eigenvalue weighted by atomic mass is 9.83. The molecular formula is C21H20O9. The van der Waals surface area contributed by atoms with Gasteiger partial charge in [0, 0.05) is 17.5 Å². The number of aromatic hydroxyl groups is 1. The minimum Gasteiger partial charge on any atom is -0.508 e. The Balaban J connectivity index is 1.97. The number of rotatable bonds is 6. The Labute approximate surface area is 172 Å². The summed E-state index contributed by atoms with van der Waals surface area (Å²) in [7, 11) is 4.41. The van der Waals surface area contributed by atoms with E-state index in [1.54, 1.807) is 18.2 Å². The number of hydrogen-bond acceptors (Lipinski definition) is 9. The summed E-state index contributed by atoms with van der Waals surface area (Å²) in [5.74, 6) is -0.101. The number of fused-ring (bicyclic) bond motifs is 1. The van der Waals surface area contributed by atoms with Crippen LogP contribution in [0.15, 0.2) is 35.6 Å². The maximum absolute atomic E-state index is 12.5. The molecule has 4 rings (SSSR count). The lowest BCUT2D eigenvalue weighted by Gasteiger charge is -2.22. The van der Waals surface area contributed by atoms with Crippen LogP contribution in [0.3, 0.4) is 0 Å². The quantitative estimate of drug-likeness (QED) is 0.686. The van der Waals surface area contributed by atoms with Crippen molar-refractivity contribution >= 4 is 5.97 Å². The van der Waals surface area contributed by atoms with Crippen molar-refractivity contribution in [3.8, 4) is 34.5 Å². The van der Waals surface area contributed by atoms with E-state index in [-0.39, 0.29) is 30.5 Å². The number of esters is 1. The maximum atomic E-state index is 12.5. The van der Waals surface area contributed by atoms with Gasteiger partial charge in [0.2, 0.25) is 12.5 Å². The van der Waals surface area contributed by atoms with Gasteiger partial charge in [-0.15, -0.1) is 0 Å². The van der Waals surface area contributed by atoms with Gasteiger partial charge in [-0.3, -0.25) is 0 Å². The highest BCUT2D eigenvalue weighted by Gasteiger charge is 2.37. The molecule has 30 heavy (non-hydrogen) atoms. The van der Waals surface area contributed by atoms with Gasteiger partial charge in [0.15, 0.2) is 23.0 Å². The first-order chi connectivity index (χ1) is 14.5. The van der Waals surface area contributed by atoms with E-state index in [1.807, 2.05) is 0 Å². The minimum atomic E-state index is -0.900. The number of aliphatic hydroxyl groups excluding tert-OH is 1. The Hall–Kier alpha value is -3.75. The molecule has 0 saturated carbocycles. The number of benzene rings is 2. The first-order valence-electron chi connectivity index (χ1n) is 9.00. The van der Waals surface area contributed by atoms with Crippen LogP contribution >= 0.6 is 0 Å². The smallest absolute Gasteiger partial charge is 0.338 e. The van der Waals surface area contributed by atoms with Crippen molar-refractivity contribution in [2.45, 2.75) is 5.92 Å². The van der Waals surface area contributed by atoms with Crippen LogP contribution in [0.2, 0.25) is 0 Å². The molecule has 1 atom stereocenters. The van der Waals surface area contributed by atoms with Gasteiger partial charge in [0.1, 0.15) is 18.1 Å². The fraction of sp³-hybridized carbons (Fsp3) is 0.286. The molecule has 0 saturated heterocycles. The van der Waals surface area contributed by atoms with Crippen LogP contribution in [-0.4, -0.2) is 50.9 Å². The van der Waals surface area contributed by atoms with Crippen LogP contribution in [0.1, 0.15) is 17.0 Å². The number of cyclic esters (lactones) is 1. The molecule has 0 amide bonds. The zero-order chi connectivity index (χ0) is 21.4. The number of carbonyl (C=O) groups excluding carboxylic acids is 1. The molecule has 2 aromatic carbocycles. The standard InChI is InChI=1S/C21H20O9/c1-25-16-4-10(5-17(26-2)20(16)27-3)18(19-13(23)8-28-21(19)24)11-6-14-15(7-12(11)22)30-9-29-14/h4-7,18,22-23H,8-9H2,1-3H3/t18-/m0/s1. The molecule has 0 unspecified atom stereocenters. The molecule has 0 fully saturated rings. The van der Waals surface area contributed by atoms with E-state index in [1.165, 1.54) is 27.4 Å². The Kier molecular flexibility index (Phi) is 4.94. The van der Waals surface area contributed by atoms with Crippen molar-refractivity contribution in [1.82, 2.24) is 0 Å². The van der Waals surface area contributed by atoms with Gasteiger partial charge < -0.3 is 38.6 Å². The molecule has 0 bridgehead atoms. The van der Waals surface area contributed by atoms with Crippen LogP contribution in [0.4, 0.5) is 0 Å². The van der Waals surface area contributed by atoms with Crippen molar-refractivity contribution < 1.29 is 43.4 Å². The summed E-state index contributed by atoms with van der Waals surface area (Å²) in [6.45, 7) is -0.233. The summed E-state index contributed by atoms with van der Waals surface area (Å²) in [5, 5.41) is 21.1. The Morgan fingerprint density at radius 1 is 0.900 bits per heavy atom. The molecule has 0 aromatic heterocycles. The summed E-state index contributed by atoms with van der Waals surface area (Å²) in [5.41, 5.74) is 0.812. The predicted octanol–water partition coefficient (Wildman–Crippen LogP) is 2.65. The van der Waals surface area contributed by atoms with Crippen LogP contribution < -0.4 is 23.7 Å². The first-order valence-corrected chi connectivity index (χ1v) is 9.00. The highest BCUT2D eigenvalue weighted by atomic mass is 16.7. The maximum Gasteiger partial charge on any atom is 0.338 e. The van der Waals surface area contributed by atoms with E-state index in [0.29, 0.717) is 39.9 Å². The second-order valence-electron chi connectivity index (χ2n) is 6.59. The Morgan fingerprint density at radius 2 is 1.53 bits per heavy atom. The number of methoxy groups -OCH3 is 3. The largest absolute Gasteiger partial charge is 0.508 e. The van der Waals surface area contributed by atoms with E-state index >= 15 is 0 Å². The molecule has 0 aliphatic carbocycles. The van der Waals surface area contributed by atoms with Gasteiger partial charge in [0.05, 0.1) is 26.9 Å². The van der Waals surface area contributed by atoms with Crippen molar-refractivity contribution in [3.05, 3.63) is 46.7 Å². The van der Waals surface area contributed by atoms with E-state index in [0.717, 1.165) is 0 Å². The molecule has 158 valence electrons. The fourth-order valence-electron chi connectivity index (χ4n) is 3.64. The summed E-state index contributed by atoms with van der Waals surface area (Å²) in [6, 6.07) is 6.25. The summed E-state index contributed by atoms with van der Waals surface area (Å²) < 4.78 is 31.9. The molecule has 0 radical (unpaired) electrons.